The van der Waals surface area contributed by atoms with Gasteiger partial charge in [0.2, 0.25) is 0 Å². The molecule has 0 aromatic heterocycles. The summed E-state index contributed by atoms with van der Waals surface area (Å²) in [5.74, 6) is -1.03. The zero-order valence-corrected chi connectivity index (χ0v) is 17.7. The number of hydrogen-bond acceptors (Lipinski definition) is 5. The zero-order valence-electron chi connectivity index (χ0n) is 17.7. The van der Waals surface area contributed by atoms with Crippen LogP contribution in [-0.2, 0) is 14.3 Å². The normalized spacial score (nSPS) is 25.4. The predicted octanol–water partition coefficient (Wildman–Crippen LogP) is 2.70. The van der Waals surface area contributed by atoms with E-state index in [1.54, 1.807) is 24.3 Å². The first-order chi connectivity index (χ1) is 15.1. The molecule has 0 saturated carbocycles. The summed E-state index contributed by atoms with van der Waals surface area (Å²) in [4.78, 5) is 39.0. The lowest BCUT2D eigenvalue weighted by molar-refractivity contribution is -0.157. The van der Waals surface area contributed by atoms with Gasteiger partial charge >= 0.3 is 5.97 Å². The minimum atomic E-state index is -0.804. The van der Waals surface area contributed by atoms with Crippen LogP contribution in [0.2, 0.25) is 0 Å². The van der Waals surface area contributed by atoms with Gasteiger partial charge in [-0.3, -0.25) is 14.6 Å². The van der Waals surface area contributed by atoms with E-state index >= 15 is 0 Å². The number of carbonyl (C=O) groups excluding carboxylic acids is 3. The molecule has 0 bridgehead atoms. The molecule has 0 unspecified atom stereocenters. The number of carbonyl (C=O) groups is 3. The van der Waals surface area contributed by atoms with Gasteiger partial charge in [-0.1, -0.05) is 61.9 Å². The minimum Gasteiger partial charge on any atom is -0.467 e. The molecule has 162 valence electrons. The van der Waals surface area contributed by atoms with Crippen molar-refractivity contribution in [3.05, 3.63) is 71.8 Å². The monoisotopic (exact) mass is 421 g/mol. The molecule has 2 aliphatic heterocycles. The number of benzene rings is 2. The number of hydrogen-bond donors (Lipinski definition) is 1. The Labute approximate surface area is 181 Å². The summed E-state index contributed by atoms with van der Waals surface area (Å²) in [5, 5.41) is 6.46. The fraction of sp³-hybridized carbons (Fsp3) is 0.375. The van der Waals surface area contributed by atoms with Gasteiger partial charge in [-0.15, -0.1) is 0 Å². The lowest BCUT2D eigenvalue weighted by Gasteiger charge is -2.32. The standard InChI is InChI=1S/C24H27N3O4/c1-3-10-18-15-19(24(30)31-2)27-23(29)20(25-22(28)17-13-8-5-9-14-17)21(26(18)27)16-11-6-4-7-12-16/h4-9,11-14,18-21H,3,10,15H2,1-2H3,(H,25,28)/t18-,19+,20+,21+/m1/s1. The van der Waals surface area contributed by atoms with Gasteiger partial charge in [0.05, 0.1) is 13.2 Å². The van der Waals surface area contributed by atoms with Crippen molar-refractivity contribution in [3.63, 3.8) is 0 Å². The maximum atomic E-state index is 13.6. The van der Waals surface area contributed by atoms with E-state index in [0.717, 1.165) is 18.4 Å². The molecule has 4 atom stereocenters. The summed E-state index contributed by atoms with van der Waals surface area (Å²) >= 11 is 0. The quantitative estimate of drug-likeness (QED) is 0.726. The Morgan fingerprint density at radius 1 is 1.06 bits per heavy atom. The molecule has 2 fully saturated rings. The van der Waals surface area contributed by atoms with Crippen LogP contribution in [0, 0.1) is 0 Å². The average molecular weight is 421 g/mol. The Balaban J connectivity index is 1.74. The summed E-state index contributed by atoms with van der Waals surface area (Å²) in [6.45, 7) is 2.08. The lowest BCUT2D eigenvalue weighted by atomic mass is 9.95. The summed E-state index contributed by atoms with van der Waals surface area (Å²) in [5.41, 5.74) is 1.40. The molecule has 1 N–H and O–H groups in total. The molecular formula is C24H27N3O4. The molecule has 4 rings (SSSR count). The molecule has 0 radical (unpaired) electrons. The minimum absolute atomic E-state index is 0.00174. The zero-order chi connectivity index (χ0) is 22.0. The van der Waals surface area contributed by atoms with Gasteiger partial charge in [0, 0.05) is 11.6 Å². The third-order valence-corrected chi connectivity index (χ3v) is 6.06. The number of hydrazine groups is 1. The fourth-order valence-corrected chi connectivity index (χ4v) is 4.73. The molecule has 2 heterocycles. The maximum Gasteiger partial charge on any atom is 0.330 e. The SMILES string of the molecule is CCC[C@@H]1C[C@@H](C(=O)OC)N2C(=O)[C@@H](NC(=O)c3ccccc3)[C@H](c3ccccc3)N12. The molecule has 7 nitrogen and oxygen atoms in total. The predicted molar refractivity (Wildman–Crippen MR) is 115 cm³/mol. The first-order valence-corrected chi connectivity index (χ1v) is 10.7. The number of ether oxygens (including phenoxy) is 1. The van der Waals surface area contributed by atoms with Crippen LogP contribution in [-0.4, -0.2) is 53.0 Å². The Hall–Kier alpha value is -3.19. The Morgan fingerprint density at radius 2 is 1.71 bits per heavy atom. The van der Waals surface area contributed by atoms with Crippen molar-refractivity contribution >= 4 is 17.8 Å². The van der Waals surface area contributed by atoms with Crippen LogP contribution in [0.1, 0.15) is 48.1 Å². The van der Waals surface area contributed by atoms with Crippen molar-refractivity contribution in [2.24, 2.45) is 0 Å². The maximum absolute atomic E-state index is 13.6. The van der Waals surface area contributed by atoms with Gasteiger partial charge < -0.3 is 10.1 Å². The highest BCUT2D eigenvalue weighted by atomic mass is 16.5. The van der Waals surface area contributed by atoms with Gasteiger partial charge in [0.25, 0.3) is 11.8 Å². The summed E-state index contributed by atoms with van der Waals surface area (Å²) in [6.07, 6.45) is 2.27. The summed E-state index contributed by atoms with van der Waals surface area (Å²) in [7, 11) is 1.34. The number of amides is 2. The van der Waals surface area contributed by atoms with Gasteiger partial charge in [0.1, 0.15) is 12.1 Å². The Morgan fingerprint density at radius 3 is 2.32 bits per heavy atom. The second kappa shape index (κ2) is 8.89. The van der Waals surface area contributed by atoms with Crippen molar-refractivity contribution < 1.29 is 19.1 Å². The largest absolute Gasteiger partial charge is 0.467 e. The van der Waals surface area contributed by atoms with E-state index < -0.39 is 24.1 Å². The first-order valence-electron chi connectivity index (χ1n) is 10.7. The number of esters is 1. The number of fused-ring (bicyclic) bond motifs is 1. The molecule has 2 saturated heterocycles. The molecule has 7 heteroatoms. The molecular weight excluding hydrogens is 394 g/mol. The van der Waals surface area contributed by atoms with E-state index in [2.05, 4.69) is 12.2 Å². The van der Waals surface area contributed by atoms with Gasteiger partial charge in [-0.05, 0) is 30.5 Å². The average Bonchev–Trinajstić information content (AvgIpc) is 3.31. The van der Waals surface area contributed by atoms with Crippen molar-refractivity contribution in [1.82, 2.24) is 15.3 Å². The highest BCUT2D eigenvalue weighted by Gasteiger charge is 2.58. The second-order valence-electron chi connectivity index (χ2n) is 7.95. The van der Waals surface area contributed by atoms with E-state index in [-0.39, 0.29) is 17.9 Å². The first kappa shape index (κ1) is 21.1. The van der Waals surface area contributed by atoms with Crippen molar-refractivity contribution in [2.75, 3.05) is 7.11 Å². The van der Waals surface area contributed by atoms with Gasteiger partial charge in [-0.2, -0.15) is 0 Å². The molecule has 0 aliphatic carbocycles. The number of nitrogens with zero attached hydrogens (tertiary/aromatic N) is 2. The lowest BCUT2D eigenvalue weighted by Crippen LogP contribution is -2.47. The van der Waals surface area contributed by atoms with E-state index in [1.165, 1.54) is 12.1 Å². The fourth-order valence-electron chi connectivity index (χ4n) is 4.73. The van der Waals surface area contributed by atoms with Crippen molar-refractivity contribution in [3.8, 4) is 0 Å². The van der Waals surface area contributed by atoms with Crippen LogP contribution in [0.3, 0.4) is 0 Å². The smallest absolute Gasteiger partial charge is 0.330 e. The van der Waals surface area contributed by atoms with Crippen molar-refractivity contribution in [2.45, 2.75) is 50.4 Å². The molecule has 2 aliphatic rings. The highest BCUT2D eigenvalue weighted by molar-refractivity contribution is 5.99. The van der Waals surface area contributed by atoms with E-state index in [4.69, 9.17) is 4.74 Å². The van der Waals surface area contributed by atoms with Crippen LogP contribution in [0.5, 0.6) is 0 Å². The van der Waals surface area contributed by atoms with Crippen molar-refractivity contribution in [1.29, 1.82) is 0 Å². The molecule has 0 spiro atoms. The highest BCUT2D eigenvalue weighted by Crippen LogP contribution is 2.44. The third kappa shape index (κ3) is 3.81. The molecule has 31 heavy (non-hydrogen) atoms. The van der Waals surface area contributed by atoms with Crippen LogP contribution in [0.4, 0.5) is 0 Å². The van der Waals surface area contributed by atoms with Crippen LogP contribution < -0.4 is 5.32 Å². The Bertz CT molecular complexity index is 950. The topological polar surface area (TPSA) is 79.0 Å². The summed E-state index contributed by atoms with van der Waals surface area (Å²) in [6, 6.07) is 16.6. The number of rotatable bonds is 6. The number of nitrogens with one attached hydrogen (secondary N) is 1. The number of methoxy groups -OCH3 is 1. The van der Waals surface area contributed by atoms with Crippen LogP contribution in [0.25, 0.3) is 0 Å². The van der Waals surface area contributed by atoms with Crippen LogP contribution in [0.15, 0.2) is 60.7 Å². The Kier molecular flexibility index (Phi) is 6.04. The second-order valence-corrected chi connectivity index (χ2v) is 7.95. The van der Waals surface area contributed by atoms with Crippen LogP contribution >= 0.6 is 0 Å². The summed E-state index contributed by atoms with van der Waals surface area (Å²) < 4.78 is 5.00. The third-order valence-electron chi connectivity index (χ3n) is 6.06. The van der Waals surface area contributed by atoms with E-state index in [0.29, 0.717) is 12.0 Å². The molecule has 2 aromatic carbocycles. The van der Waals surface area contributed by atoms with E-state index in [1.807, 2.05) is 41.4 Å². The van der Waals surface area contributed by atoms with E-state index in [9.17, 15) is 14.4 Å². The van der Waals surface area contributed by atoms with Gasteiger partial charge in [0.15, 0.2) is 0 Å². The molecule has 2 aromatic rings. The molecule has 2 amide bonds. The van der Waals surface area contributed by atoms with Gasteiger partial charge in [-0.25, -0.2) is 9.80 Å².